The Kier molecular flexibility index (Phi) is 5.06. The number of hydrogen-bond donors (Lipinski definition) is 1. The molecular formula is C14H18INO3S. The second kappa shape index (κ2) is 6.43. The van der Waals surface area contributed by atoms with Crippen molar-refractivity contribution in [3.8, 4) is 0 Å². The Hall–Kier alpha value is -0.630. The van der Waals surface area contributed by atoms with Gasteiger partial charge in [0.15, 0.2) is 0 Å². The van der Waals surface area contributed by atoms with Gasteiger partial charge in [-0.05, 0) is 72.0 Å². The highest BCUT2D eigenvalue weighted by molar-refractivity contribution is 14.1. The molecule has 0 aliphatic carbocycles. The zero-order chi connectivity index (χ0) is 14.8. The van der Waals surface area contributed by atoms with Crippen LogP contribution in [0.1, 0.15) is 24.8 Å². The van der Waals surface area contributed by atoms with E-state index in [1.54, 1.807) is 0 Å². The number of benzene rings is 1. The molecule has 4 nitrogen and oxygen atoms in total. The second-order valence-electron chi connectivity index (χ2n) is 5.31. The van der Waals surface area contributed by atoms with Crippen LogP contribution in [0.2, 0.25) is 0 Å². The molecular weight excluding hydrogens is 389 g/mol. The smallest absolute Gasteiger partial charge is 0.224 e. The molecule has 20 heavy (non-hydrogen) atoms. The number of amides is 1. The van der Waals surface area contributed by atoms with Crippen molar-refractivity contribution in [2.24, 2.45) is 5.92 Å². The predicted octanol–water partition coefficient (Wildman–Crippen LogP) is 2.75. The topological polar surface area (TPSA) is 63.2 Å². The van der Waals surface area contributed by atoms with Crippen LogP contribution in [0, 0.1) is 16.4 Å². The first kappa shape index (κ1) is 15.8. The van der Waals surface area contributed by atoms with Crippen molar-refractivity contribution in [3.05, 3.63) is 27.3 Å². The van der Waals surface area contributed by atoms with Crippen LogP contribution < -0.4 is 5.32 Å². The predicted molar refractivity (Wildman–Crippen MR) is 88.5 cm³/mol. The van der Waals surface area contributed by atoms with Crippen LogP contribution in [-0.2, 0) is 14.6 Å². The molecule has 1 saturated heterocycles. The summed E-state index contributed by atoms with van der Waals surface area (Å²) in [5, 5.41) is 2.91. The minimum absolute atomic E-state index is 0.0291. The van der Waals surface area contributed by atoms with E-state index in [4.69, 9.17) is 0 Å². The molecule has 1 heterocycles. The zero-order valence-corrected chi connectivity index (χ0v) is 14.3. The lowest BCUT2D eigenvalue weighted by atomic mass is 9.98. The fourth-order valence-corrected chi connectivity index (χ4v) is 4.61. The van der Waals surface area contributed by atoms with Crippen molar-refractivity contribution in [1.82, 2.24) is 0 Å². The fraction of sp³-hybridized carbons (Fsp3) is 0.500. The van der Waals surface area contributed by atoms with Gasteiger partial charge in [0.05, 0.1) is 11.5 Å². The normalized spacial score (nSPS) is 18.7. The van der Waals surface area contributed by atoms with Gasteiger partial charge >= 0.3 is 0 Å². The van der Waals surface area contributed by atoms with Crippen molar-refractivity contribution in [1.29, 1.82) is 0 Å². The highest BCUT2D eigenvalue weighted by Gasteiger charge is 2.25. The maximum atomic E-state index is 12.0. The molecule has 0 aromatic heterocycles. The van der Waals surface area contributed by atoms with Crippen molar-refractivity contribution < 1.29 is 13.2 Å². The summed E-state index contributed by atoms with van der Waals surface area (Å²) in [7, 11) is -2.85. The summed E-state index contributed by atoms with van der Waals surface area (Å²) in [5.41, 5.74) is 1.87. The van der Waals surface area contributed by atoms with Gasteiger partial charge in [-0.15, -0.1) is 0 Å². The highest BCUT2D eigenvalue weighted by atomic mass is 127. The monoisotopic (exact) mass is 407 g/mol. The number of rotatable bonds is 3. The average Bonchev–Trinajstić information content (AvgIpc) is 2.35. The molecule has 0 unspecified atom stereocenters. The SMILES string of the molecule is Cc1cc(I)ccc1NC(=O)CC1CCS(=O)(=O)CC1. The standard InChI is InChI=1S/C14H18INO3S/c1-10-8-12(15)2-3-13(10)16-14(17)9-11-4-6-20(18,19)7-5-11/h2-3,8,11H,4-7,9H2,1H3,(H,16,17). The van der Waals surface area contributed by atoms with Crippen molar-refractivity contribution >= 4 is 44.0 Å². The van der Waals surface area contributed by atoms with Crippen molar-refractivity contribution in [2.75, 3.05) is 16.8 Å². The van der Waals surface area contributed by atoms with Crippen LogP contribution in [0.25, 0.3) is 0 Å². The summed E-state index contributed by atoms with van der Waals surface area (Å²) >= 11 is 2.23. The molecule has 1 aromatic carbocycles. The first-order valence-electron chi connectivity index (χ1n) is 6.62. The Morgan fingerprint density at radius 2 is 2.00 bits per heavy atom. The number of sulfone groups is 1. The summed E-state index contributed by atoms with van der Waals surface area (Å²) in [4.78, 5) is 12.0. The number of halogens is 1. The third kappa shape index (κ3) is 4.44. The number of anilines is 1. The summed E-state index contributed by atoms with van der Waals surface area (Å²) in [5.74, 6) is 0.586. The third-order valence-electron chi connectivity index (χ3n) is 3.61. The number of nitrogens with one attached hydrogen (secondary N) is 1. The minimum atomic E-state index is -2.85. The third-order valence-corrected chi connectivity index (χ3v) is 6.00. The molecule has 2 rings (SSSR count). The average molecular weight is 407 g/mol. The fourth-order valence-electron chi connectivity index (χ4n) is 2.37. The molecule has 1 aliphatic rings. The molecule has 110 valence electrons. The van der Waals surface area contributed by atoms with E-state index in [2.05, 4.69) is 27.9 Å². The summed E-state index contributed by atoms with van der Waals surface area (Å²) < 4.78 is 23.8. The summed E-state index contributed by atoms with van der Waals surface area (Å²) in [6, 6.07) is 5.88. The maximum Gasteiger partial charge on any atom is 0.224 e. The Morgan fingerprint density at radius 1 is 1.35 bits per heavy atom. The van der Waals surface area contributed by atoms with Crippen molar-refractivity contribution in [3.63, 3.8) is 0 Å². The van der Waals surface area contributed by atoms with Crippen LogP contribution >= 0.6 is 22.6 Å². The Morgan fingerprint density at radius 3 is 2.60 bits per heavy atom. The lowest BCUT2D eigenvalue weighted by Gasteiger charge is -2.21. The van der Waals surface area contributed by atoms with E-state index in [0.717, 1.165) is 14.8 Å². The number of aryl methyl sites for hydroxylation is 1. The van der Waals surface area contributed by atoms with Crippen LogP contribution in [-0.4, -0.2) is 25.8 Å². The largest absolute Gasteiger partial charge is 0.326 e. The van der Waals surface area contributed by atoms with E-state index in [1.165, 1.54) is 0 Å². The van der Waals surface area contributed by atoms with Gasteiger partial charge in [0.2, 0.25) is 5.91 Å². The lowest BCUT2D eigenvalue weighted by molar-refractivity contribution is -0.117. The van der Waals surface area contributed by atoms with Gasteiger partial charge < -0.3 is 5.32 Å². The van der Waals surface area contributed by atoms with Crippen LogP contribution in [0.15, 0.2) is 18.2 Å². The van der Waals surface area contributed by atoms with Gasteiger partial charge in [-0.1, -0.05) is 0 Å². The second-order valence-corrected chi connectivity index (χ2v) is 8.86. The molecule has 6 heteroatoms. The molecule has 1 aliphatic heterocycles. The lowest BCUT2D eigenvalue weighted by Crippen LogP contribution is -2.26. The molecule has 0 spiro atoms. The highest BCUT2D eigenvalue weighted by Crippen LogP contribution is 2.23. The van der Waals surface area contributed by atoms with Crippen LogP contribution in [0.3, 0.4) is 0 Å². The zero-order valence-electron chi connectivity index (χ0n) is 11.4. The van der Waals surface area contributed by atoms with Gasteiger partial charge in [-0.25, -0.2) is 8.42 Å². The number of hydrogen-bond acceptors (Lipinski definition) is 3. The van der Waals surface area contributed by atoms with E-state index in [1.807, 2.05) is 25.1 Å². The van der Waals surface area contributed by atoms with Gasteiger partial charge in [0, 0.05) is 15.7 Å². The molecule has 1 amide bonds. The van der Waals surface area contributed by atoms with E-state index < -0.39 is 9.84 Å². The first-order chi connectivity index (χ1) is 9.35. The summed E-state index contributed by atoms with van der Waals surface area (Å²) in [6.07, 6.45) is 1.60. The van der Waals surface area contributed by atoms with E-state index in [-0.39, 0.29) is 23.3 Å². The van der Waals surface area contributed by atoms with Gasteiger partial charge in [0.25, 0.3) is 0 Å². The molecule has 0 bridgehead atoms. The molecule has 0 atom stereocenters. The maximum absolute atomic E-state index is 12.0. The molecule has 0 radical (unpaired) electrons. The number of carbonyl (C=O) groups is 1. The van der Waals surface area contributed by atoms with Gasteiger partial charge in [0.1, 0.15) is 9.84 Å². The molecule has 0 saturated carbocycles. The Labute approximate surface area is 133 Å². The van der Waals surface area contributed by atoms with Crippen LogP contribution in [0.5, 0.6) is 0 Å². The van der Waals surface area contributed by atoms with E-state index in [9.17, 15) is 13.2 Å². The Bertz CT molecular complexity index is 599. The van der Waals surface area contributed by atoms with Gasteiger partial charge in [-0.2, -0.15) is 0 Å². The Balaban J connectivity index is 1.90. The molecule has 1 N–H and O–H groups in total. The molecule has 1 fully saturated rings. The quantitative estimate of drug-likeness (QED) is 0.784. The van der Waals surface area contributed by atoms with Crippen molar-refractivity contribution in [2.45, 2.75) is 26.2 Å². The van der Waals surface area contributed by atoms with E-state index in [0.29, 0.717) is 19.3 Å². The van der Waals surface area contributed by atoms with Crippen LogP contribution in [0.4, 0.5) is 5.69 Å². The summed E-state index contributed by atoms with van der Waals surface area (Å²) in [6.45, 7) is 1.96. The number of carbonyl (C=O) groups excluding carboxylic acids is 1. The van der Waals surface area contributed by atoms with Gasteiger partial charge in [-0.3, -0.25) is 4.79 Å². The minimum Gasteiger partial charge on any atom is -0.326 e. The molecule has 1 aromatic rings. The van der Waals surface area contributed by atoms with E-state index >= 15 is 0 Å². The first-order valence-corrected chi connectivity index (χ1v) is 9.52.